The maximum Gasteiger partial charge on any atom is 0.236 e. The molecule has 2 aromatic heterocycles. The second-order valence-electron chi connectivity index (χ2n) is 9.89. The van der Waals surface area contributed by atoms with Crippen LogP contribution in [-0.2, 0) is 16.6 Å². The van der Waals surface area contributed by atoms with Crippen LogP contribution in [0.1, 0.15) is 32.3 Å². The Labute approximate surface area is 215 Å². The molecule has 0 spiro atoms. The number of phenols is 1. The molecule has 5 rings (SSSR count). The van der Waals surface area contributed by atoms with Gasteiger partial charge >= 0.3 is 0 Å². The highest BCUT2D eigenvalue weighted by Crippen LogP contribution is 2.46. The van der Waals surface area contributed by atoms with Crippen LogP contribution >= 0.6 is 0 Å². The summed E-state index contributed by atoms with van der Waals surface area (Å²) in [6, 6.07) is 9.93. The van der Waals surface area contributed by atoms with E-state index < -0.39 is 10.0 Å². The van der Waals surface area contributed by atoms with E-state index >= 15 is 0 Å². The molecule has 37 heavy (non-hydrogen) atoms. The van der Waals surface area contributed by atoms with Crippen LogP contribution < -0.4 is 4.31 Å². The van der Waals surface area contributed by atoms with Gasteiger partial charge in [0.1, 0.15) is 11.3 Å². The van der Waals surface area contributed by atoms with Crippen molar-refractivity contribution in [2.75, 3.05) is 23.7 Å². The number of nitrogens with zero attached hydrogens (tertiary/aromatic N) is 4. The molecule has 1 aliphatic rings. The average Bonchev–Trinajstić information content (AvgIpc) is 3.37. The van der Waals surface area contributed by atoms with Crippen molar-refractivity contribution >= 4 is 37.4 Å². The van der Waals surface area contributed by atoms with E-state index in [1.807, 2.05) is 0 Å². The lowest BCUT2D eigenvalue weighted by Crippen LogP contribution is -2.40. The quantitative estimate of drug-likeness (QED) is 0.370. The highest BCUT2D eigenvalue weighted by atomic mass is 32.2. The molecule has 0 amide bonds. The zero-order valence-corrected chi connectivity index (χ0v) is 21.9. The number of halogens is 1. The SMILES string of the molecule is CC1CCC(C)N1CCS(=O)(=O)N(C)c1c2cccnc2c(O)c2c(O)n(Cc3ccc(F)cc3)cc12. The molecule has 0 aliphatic carbocycles. The molecule has 0 saturated carbocycles. The largest absolute Gasteiger partial charge is 0.505 e. The van der Waals surface area contributed by atoms with Crippen molar-refractivity contribution in [3.05, 3.63) is 60.2 Å². The third-order valence-corrected chi connectivity index (χ3v) is 9.28. The molecule has 4 aromatic rings. The van der Waals surface area contributed by atoms with Gasteiger partial charge in [-0.2, -0.15) is 0 Å². The Balaban J connectivity index is 1.60. The van der Waals surface area contributed by atoms with Crippen molar-refractivity contribution < 1.29 is 23.0 Å². The van der Waals surface area contributed by atoms with Crippen LogP contribution in [0.15, 0.2) is 48.8 Å². The summed E-state index contributed by atoms with van der Waals surface area (Å²) in [4.78, 5) is 6.51. The molecule has 1 aliphatic heterocycles. The van der Waals surface area contributed by atoms with E-state index in [2.05, 4.69) is 23.7 Å². The number of phenolic OH excluding ortho intramolecular Hbond substituents is 1. The first-order valence-electron chi connectivity index (χ1n) is 12.4. The van der Waals surface area contributed by atoms with Crippen molar-refractivity contribution in [2.45, 2.75) is 45.3 Å². The molecule has 3 heterocycles. The van der Waals surface area contributed by atoms with E-state index in [4.69, 9.17) is 0 Å². The molecule has 1 saturated heterocycles. The maximum absolute atomic E-state index is 13.6. The topological polar surface area (TPSA) is 98.9 Å². The zero-order chi connectivity index (χ0) is 26.5. The van der Waals surface area contributed by atoms with E-state index in [9.17, 15) is 23.0 Å². The molecule has 1 fully saturated rings. The van der Waals surface area contributed by atoms with Gasteiger partial charge < -0.3 is 14.8 Å². The minimum Gasteiger partial charge on any atom is -0.505 e. The molecular formula is C27H31FN4O4S. The Hall–Kier alpha value is -3.37. The van der Waals surface area contributed by atoms with E-state index in [-0.39, 0.29) is 40.6 Å². The molecule has 196 valence electrons. The predicted molar refractivity (Wildman–Crippen MR) is 143 cm³/mol. The monoisotopic (exact) mass is 526 g/mol. The minimum absolute atomic E-state index is 0.0649. The second-order valence-corrected chi connectivity index (χ2v) is 12.0. The van der Waals surface area contributed by atoms with Crippen molar-refractivity contribution in [2.24, 2.45) is 0 Å². The molecular weight excluding hydrogens is 495 g/mol. The molecule has 2 unspecified atom stereocenters. The van der Waals surface area contributed by atoms with Gasteiger partial charge in [0.15, 0.2) is 5.75 Å². The molecule has 0 bridgehead atoms. The van der Waals surface area contributed by atoms with Crippen LogP contribution in [0.5, 0.6) is 11.6 Å². The van der Waals surface area contributed by atoms with E-state index in [0.29, 0.717) is 35.1 Å². The first-order valence-corrected chi connectivity index (χ1v) is 14.0. The van der Waals surface area contributed by atoms with Gasteiger partial charge in [0.05, 0.1) is 23.4 Å². The van der Waals surface area contributed by atoms with Gasteiger partial charge in [0.25, 0.3) is 0 Å². The molecule has 2 aromatic carbocycles. The summed E-state index contributed by atoms with van der Waals surface area (Å²) in [7, 11) is -2.26. The fraction of sp³-hybridized carbons (Fsp3) is 0.370. The second kappa shape index (κ2) is 9.50. The summed E-state index contributed by atoms with van der Waals surface area (Å²) in [5.74, 6) is -0.885. The van der Waals surface area contributed by atoms with Gasteiger partial charge in [-0.15, -0.1) is 0 Å². The van der Waals surface area contributed by atoms with Crippen LogP contribution in [0.25, 0.3) is 21.7 Å². The number of fused-ring (bicyclic) bond motifs is 2. The predicted octanol–water partition coefficient (Wildman–Crippen LogP) is 4.43. The lowest BCUT2D eigenvalue weighted by Gasteiger charge is -2.28. The van der Waals surface area contributed by atoms with Crippen LogP contribution in [0.2, 0.25) is 0 Å². The van der Waals surface area contributed by atoms with Gasteiger partial charge in [0, 0.05) is 48.8 Å². The molecule has 8 nitrogen and oxygen atoms in total. The maximum atomic E-state index is 13.6. The lowest BCUT2D eigenvalue weighted by atomic mass is 10.1. The number of aromatic hydroxyl groups is 2. The molecule has 2 N–H and O–H groups in total. The fourth-order valence-corrected chi connectivity index (χ4v) is 6.63. The Morgan fingerprint density at radius 1 is 1.08 bits per heavy atom. The van der Waals surface area contributed by atoms with Gasteiger partial charge in [-0.3, -0.25) is 14.2 Å². The number of likely N-dealkylation sites (tertiary alicyclic amines) is 1. The summed E-state index contributed by atoms with van der Waals surface area (Å²) < 4.78 is 43.3. The van der Waals surface area contributed by atoms with Crippen molar-refractivity contribution in [1.82, 2.24) is 14.5 Å². The zero-order valence-electron chi connectivity index (χ0n) is 21.1. The summed E-state index contributed by atoms with van der Waals surface area (Å²) in [5, 5.41) is 23.1. The first kappa shape index (κ1) is 25.3. The normalized spacial score (nSPS) is 18.7. The smallest absolute Gasteiger partial charge is 0.236 e. The molecule has 10 heteroatoms. The Morgan fingerprint density at radius 2 is 1.76 bits per heavy atom. The van der Waals surface area contributed by atoms with Crippen molar-refractivity contribution in [1.29, 1.82) is 0 Å². The Kier molecular flexibility index (Phi) is 6.49. The first-order chi connectivity index (χ1) is 17.6. The standard InChI is InChI=1S/C27H31FN4O4S/c1-17-6-7-18(2)32(17)13-14-37(35,36)30(3)25-21-5-4-12-29-24(21)26(33)23-22(25)16-31(27(23)34)15-19-8-10-20(28)11-9-19/h4-5,8-12,16-18,33-34H,6-7,13-15H2,1-3H3. The van der Waals surface area contributed by atoms with Crippen LogP contribution in [-0.4, -0.2) is 64.5 Å². The number of hydrogen-bond donors (Lipinski definition) is 2. The number of anilines is 1. The lowest BCUT2D eigenvalue weighted by molar-refractivity contribution is 0.227. The van der Waals surface area contributed by atoms with Crippen LogP contribution in [0, 0.1) is 5.82 Å². The van der Waals surface area contributed by atoms with Gasteiger partial charge in [-0.25, -0.2) is 12.8 Å². The Morgan fingerprint density at radius 3 is 2.43 bits per heavy atom. The fourth-order valence-electron chi connectivity index (χ4n) is 5.44. The number of sulfonamides is 1. The van der Waals surface area contributed by atoms with Gasteiger partial charge in [-0.1, -0.05) is 12.1 Å². The van der Waals surface area contributed by atoms with Crippen molar-refractivity contribution in [3.63, 3.8) is 0 Å². The highest BCUT2D eigenvalue weighted by molar-refractivity contribution is 7.92. The van der Waals surface area contributed by atoms with E-state index in [1.165, 1.54) is 34.2 Å². The van der Waals surface area contributed by atoms with Gasteiger partial charge in [0.2, 0.25) is 15.9 Å². The van der Waals surface area contributed by atoms with Gasteiger partial charge in [-0.05, 0) is 56.5 Å². The van der Waals surface area contributed by atoms with Crippen LogP contribution in [0.3, 0.4) is 0 Å². The minimum atomic E-state index is -3.76. The summed E-state index contributed by atoms with van der Waals surface area (Å²) >= 11 is 0. The summed E-state index contributed by atoms with van der Waals surface area (Å²) in [5.41, 5.74) is 1.27. The highest BCUT2D eigenvalue weighted by Gasteiger charge is 2.31. The number of aromatic nitrogens is 2. The summed E-state index contributed by atoms with van der Waals surface area (Å²) in [6.45, 7) is 4.86. The third-order valence-electron chi connectivity index (χ3n) is 7.57. The van der Waals surface area contributed by atoms with E-state index in [0.717, 1.165) is 18.4 Å². The number of pyridine rings is 1. The molecule has 2 atom stereocenters. The number of hydrogen-bond acceptors (Lipinski definition) is 6. The van der Waals surface area contributed by atoms with E-state index in [1.54, 1.807) is 30.5 Å². The van der Waals surface area contributed by atoms with Crippen LogP contribution in [0.4, 0.5) is 10.1 Å². The summed E-state index contributed by atoms with van der Waals surface area (Å²) in [6.07, 6.45) is 5.22. The molecule has 0 radical (unpaired) electrons. The average molecular weight is 527 g/mol. The van der Waals surface area contributed by atoms with Crippen molar-refractivity contribution in [3.8, 4) is 11.6 Å². The number of rotatable bonds is 7. The third kappa shape index (κ3) is 4.48. The Bertz CT molecular complexity index is 1560. The number of benzene rings is 2.